The van der Waals surface area contributed by atoms with Crippen LogP contribution in [0.2, 0.25) is 0 Å². The maximum atomic E-state index is 6.20. The van der Waals surface area contributed by atoms with E-state index >= 15 is 0 Å². The minimum Gasteiger partial charge on any atom is -0.322 e. The lowest BCUT2D eigenvalue weighted by Crippen LogP contribution is -2.16. The molecule has 2 nitrogen and oxygen atoms in total. The van der Waals surface area contributed by atoms with Crippen molar-refractivity contribution in [1.82, 2.24) is 4.98 Å². The maximum absolute atomic E-state index is 6.20. The SMILES string of the molecule is Cc1cccnc1C(N)Cc1cccc(Br)c1. The summed E-state index contributed by atoms with van der Waals surface area (Å²) in [5.41, 5.74) is 9.55. The van der Waals surface area contributed by atoms with E-state index < -0.39 is 0 Å². The molecule has 1 atom stereocenters. The minimum absolute atomic E-state index is 0.0505. The van der Waals surface area contributed by atoms with Crippen molar-refractivity contribution in [3.8, 4) is 0 Å². The van der Waals surface area contributed by atoms with Crippen molar-refractivity contribution < 1.29 is 0 Å². The van der Waals surface area contributed by atoms with Gasteiger partial charge in [0.15, 0.2) is 0 Å². The Hall–Kier alpha value is -1.19. The molecule has 0 spiro atoms. The summed E-state index contributed by atoms with van der Waals surface area (Å²) in [6, 6.07) is 12.2. The van der Waals surface area contributed by atoms with Crippen LogP contribution in [0.3, 0.4) is 0 Å². The quantitative estimate of drug-likeness (QED) is 0.941. The van der Waals surface area contributed by atoms with E-state index in [4.69, 9.17) is 5.73 Å². The minimum atomic E-state index is -0.0505. The average molecular weight is 291 g/mol. The molecule has 1 heterocycles. The number of rotatable bonds is 3. The van der Waals surface area contributed by atoms with E-state index in [-0.39, 0.29) is 6.04 Å². The first-order valence-electron chi connectivity index (χ1n) is 5.58. The Morgan fingerprint density at radius 1 is 1.29 bits per heavy atom. The molecule has 0 saturated carbocycles. The van der Waals surface area contributed by atoms with Gasteiger partial charge in [-0.15, -0.1) is 0 Å². The van der Waals surface area contributed by atoms with Crippen LogP contribution in [0.15, 0.2) is 47.1 Å². The van der Waals surface area contributed by atoms with Crippen LogP contribution in [0.5, 0.6) is 0 Å². The molecule has 0 aliphatic heterocycles. The Morgan fingerprint density at radius 3 is 2.82 bits per heavy atom. The van der Waals surface area contributed by atoms with Gasteiger partial charge in [-0.3, -0.25) is 4.98 Å². The maximum Gasteiger partial charge on any atom is 0.0603 e. The van der Waals surface area contributed by atoms with Crippen LogP contribution in [0.1, 0.15) is 22.9 Å². The Balaban J connectivity index is 2.17. The molecule has 1 aromatic carbocycles. The van der Waals surface area contributed by atoms with Gasteiger partial charge in [-0.2, -0.15) is 0 Å². The number of nitrogens with zero attached hydrogens (tertiary/aromatic N) is 1. The number of hydrogen-bond acceptors (Lipinski definition) is 2. The highest BCUT2D eigenvalue weighted by atomic mass is 79.9. The van der Waals surface area contributed by atoms with Gasteiger partial charge >= 0.3 is 0 Å². The molecule has 0 amide bonds. The lowest BCUT2D eigenvalue weighted by molar-refractivity contribution is 0.690. The molecule has 17 heavy (non-hydrogen) atoms. The van der Waals surface area contributed by atoms with Crippen LogP contribution in [0.4, 0.5) is 0 Å². The first-order chi connectivity index (χ1) is 8.16. The third kappa shape index (κ3) is 3.14. The molecule has 0 bridgehead atoms. The number of aryl methyl sites for hydroxylation is 1. The number of benzene rings is 1. The van der Waals surface area contributed by atoms with Gasteiger partial charge in [0.25, 0.3) is 0 Å². The third-order valence-electron chi connectivity index (χ3n) is 2.75. The molecular formula is C14H15BrN2. The van der Waals surface area contributed by atoms with Crippen molar-refractivity contribution in [2.75, 3.05) is 0 Å². The number of pyridine rings is 1. The highest BCUT2D eigenvalue weighted by molar-refractivity contribution is 9.10. The van der Waals surface area contributed by atoms with Gasteiger partial charge in [-0.1, -0.05) is 34.1 Å². The molecule has 1 unspecified atom stereocenters. The van der Waals surface area contributed by atoms with Gasteiger partial charge in [0, 0.05) is 10.7 Å². The van der Waals surface area contributed by atoms with E-state index in [1.807, 2.05) is 31.2 Å². The smallest absolute Gasteiger partial charge is 0.0603 e. The summed E-state index contributed by atoms with van der Waals surface area (Å²) in [4.78, 5) is 4.36. The molecular weight excluding hydrogens is 276 g/mol. The fraction of sp³-hybridized carbons (Fsp3) is 0.214. The first kappa shape index (κ1) is 12.3. The highest BCUT2D eigenvalue weighted by Crippen LogP contribution is 2.19. The Kier molecular flexibility index (Phi) is 3.92. The summed E-state index contributed by atoms with van der Waals surface area (Å²) in [6.45, 7) is 2.04. The molecule has 0 aliphatic rings. The molecule has 0 fully saturated rings. The zero-order chi connectivity index (χ0) is 12.3. The fourth-order valence-corrected chi connectivity index (χ4v) is 2.35. The summed E-state index contributed by atoms with van der Waals surface area (Å²) >= 11 is 3.47. The van der Waals surface area contributed by atoms with Crippen molar-refractivity contribution in [2.24, 2.45) is 5.73 Å². The summed E-state index contributed by atoms with van der Waals surface area (Å²) in [5.74, 6) is 0. The van der Waals surface area contributed by atoms with Crippen LogP contribution >= 0.6 is 15.9 Å². The molecule has 0 saturated heterocycles. The van der Waals surface area contributed by atoms with E-state index in [1.165, 1.54) is 5.56 Å². The highest BCUT2D eigenvalue weighted by Gasteiger charge is 2.10. The average Bonchev–Trinajstić information content (AvgIpc) is 2.29. The number of nitrogens with two attached hydrogens (primary N) is 1. The van der Waals surface area contributed by atoms with Crippen LogP contribution in [-0.4, -0.2) is 4.98 Å². The number of aromatic nitrogens is 1. The zero-order valence-electron chi connectivity index (χ0n) is 9.73. The zero-order valence-corrected chi connectivity index (χ0v) is 11.3. The molecule has 3 heteroatoms. The Bertz CT molecular complexity index is 511. The summed E-state index contributed by atoms with van der Waals surface area (Å²) in [7, 11) is 0. The normalized spacial score (nSPS) is 12.4. The first-order valence-corrected chi connectivity index (χ1v) is 6.37. The number of halogens is 1. The predicted molar refractivity (Wildman–Crippen MR) is 73.7 cm³/mol. The Labute approximate surface area is 110 Å². The molecule has 88 valence electrons. The second-order valence-corrected chi connectivity index (χ2v) is 5.06. The van der Waals surface area contributed by atoms with Crippen molar-refractivity contribution in [3.05, 3.63) is 63.9 Å². The van der Waals surface area contributed by atoms with Gasteiger partial charge in [0.05, 0.1) is 11.7 Å². The van der Waals surface area contributed by atoms with Gasteiger partial charge in [0.1, 0.15) is 0 Å². The molecule has 2 aromatic rings. The fourth-order valence-electron chi connectivity index (χ4n) is 1.90. The molecule has 2 N–H and O–H groups in total. The van der Waals surface area contributed by atoms with E-state index in [0.717, 1.165) is 22.2 Å². The van der Waals surface area contributed by atoms with Gasteiger partial charge in [-0.25, -0.2) is 0 Å². The number of hydrogen-bond donors (Lipinski definition) is 1. The van der Waals surface area contributed by atoms with E-state index in [1.54, 1.807) is 6.20 Å². The summed E-state index contributed by atoms with van der Waals surface area (Å²) in [6.07, 6.45) is 2.60. The Morgan fingerprint density at radius 2 is 2.12 bits per heavy atom. The third-order valence-corrected chi connectivity index (χ3v) is 3.24. The van der Waals surface area contributed by atoms with Crippen LogP contribution in [0, 0.1) is 6.92 Å². The van der Waals surface area contributed by atoms with Crippen LogP contribution in [-0.2, 0) is 6.42 Å². The standard InChI is InChI=1S/C14H15BrN2/c1-10-4-3-7-17-14(10)13(16)9-11-5-2-6-12(15)8-11/h2-8,13H,9,16H2,1H3. The monoisotopic (exact) mass is 290 g/mol. The van der Waals surface area contributed by atoms with Crippen molar-refractivity contribution in [3.63, 3.8) is 0 Å². The van der Waals surface area contributed by atoms with Crippen LogP contribution in [0.25, 0.3) is 0 Å². The van der Waals surface area contributed by atoms with Crippen molar-refractivity contribution in [2.45, 2.75) is 19.4 Å². The van der Waals surface area contributed by atoms with Gasteiger partial charge in [-0.05, 0) is 42.7 Å². The van der Waals surface area contributed by atoms with E-state index in [9.17, 15) is 0 Å². The molecule has 0 radical (unpaired) electrons. The van der Waals surface area contributed by atoms with Crippen molar-refractivity contribution in [1.29, 1.82) is 0 Å². The largest absolute Gasteiger partial charge is 0.322 e. The van der Waals surface area contributed by atoms with Gasteiger partial charge in [0.2, 0.25) is 0 Å². The van der Waals surface area contributed by atoms with Crippen molar-refractivity contribution >= 4 is 15.9 Å². The predicted octanol–water partition coefficient (Wildman–Crippen LogP) is 3.40. The second-order valence-electron chi connectivity index (χ2n) is 4.15. The molecule has 1 aromatic heterocycles. The van der Waals surface area contributed by atoms with E-state index in [2.05, 4.69) is 33.0 Å². The molecule has 2 rings (SSSR count). The van der Waals surface area contributed by atoms with Crippen LogP contribution < -0.4 is 5.73 Å². The lowest BCUT2D eigenvalue weighted by atomic mass is 10.0. The molecule has 0 aliphatic carbocycles. The topological polar surface area (TPSA) is 38.9 Å². The lowest BCUT2D eigenvalue weighted by Gasteiger charge is -2.13. The van der Waals surface area contributed by atoms with E-state index in [0.29, 0.717) is 0 Å². The summed E-state index contributed by atoms with van der Waals surface area (Å²) < 4.78 is 1.08. The second kappa shape index (κ2) is 5.43. The summed E-state index contributed by atoms with van der Waals surface area (Å²) in [5, 5.41) is 0. The van der Waals surface area contributed by atoms with Gasteiger partial charge < -0.3 is 5.73 Å².